The molecule has 0 fully saturated rings. The van der Waals surface area contributed by atoms with Crippen molar-refractivity contribution in [1.82, 2.24) is 29.3 Å². The first kappa shape index (κ1) is 36.1. The van der Waals surface area contributed by atoms with Gasteiger partial charge in [-0.15, -0.1) is 0 Å². The number of aryl methyl sites for hydroxylation is 1. The Morgan fingerprint density at radius 1 is 0.500 bits per heavy atom. The smallest absolute Gasteiger partial charge is 0.149 e. The van der Waals surface area contributed by atoms with Crippen LogP contribution in [0, 0.1) is 24.4 Å². The highest BCUT2D eigenvalue weighted by molar-refractivity contribution is 6.35. The number of nitrogens with zero attached hydrogens (tertiary/aromatic N) is 5. The second kappa shape index (κ2) is 13.6. The monoisotopic (exact) mass is 830 g/mol. The summed E-state index contributed by atoms with van der Waals surface area (Å²) in [5.74, 6) is -1.26. The minimum Gasteiger partial charge on any atom is -0.360 e. The molecule has 1 N–H and O–H groups in total. The average molecular weight is 831 g/mol. The van der Waals surface area contributed by atoms with Gasteiger partial charge >= 0.3 is 0 Å². The molecule has 6 nitrogen and oxygen atoms in total. The maximum Gasteiger partial charge on any atom is 0.149 e. The Kier molecular flexibility index (Phi) is 7.95. The molecule has 62 heavy (non-hydrogen) atoms. The molecule has 0 aliphatic heterocycles. The summed E-state index contributed by atoms with van der Waals surface area (Å²) in [6, 6.07) is 42.2. The minimum atomic E-state index is -0.461. The van der Waals surface area contributed by atoms with E-state index in [1.807, 2.05) is 132 Å². The molecule has 0 bridgehead atoms. The molecule has 6 aromatic heterocycles. The van der Waals surface area contributed by atoms with Crippen LogP contribution < -0.4 is 0 Å². The van der Waals surface area contributed by atoms with E-state index in [4.69, 9.17) is 26.6 Å². The second-order valence-electron chi connectivity index (χ2n) is 15.6. The summed E-state index contributed by atoms with van der Waals surface area (Å²) < 4.78 is 49.6. The molecule has 12 rings (SSSR count). The zero-order valence-corrected chi connectivity index (χ0v) is 33.5. The Balaban J connectivity index is 1.12. The number of fused-ring (bicyclic) bond motifs is 6. The molecule has 10 heteroatoms. The lowest BCUT2D eigenvalue weighted by atomic mass is 9.94. The summed E-state index contributed by atoms with van der Waals surface area (Å²) in [7, 11) is 0. The molecule has 0 amide bonds. The molecule has 0 spiro atoms. The SMILES string of the molecule is Cc1cccc2c(-c3cc(-c4cc(-c5c[nH]c6cc(F)ccc56)nc5ccccc45)c4cccc(F)c4n3)cn(-n3cc(-c4ccc5ccccc5n4)c4cc(F)cc(Cl)c43)c12. The van der Waals surface area contributed by atoms with Crippen LogP contribution in [-0.4, -0.2) is 29.3 Å². The highest BCUT2D eigenvalue weighted by Crippen LogP contribution is 2.43. The van der Waals surface area contributed by atoms with Crippen molar-refractivity contribution >= 4 is 77.0 Å². The summed E-state index contributed by atoms with van der Waals surface area (Å²) in [6.07, 6.45) is 5.75. The first-order valence-electron chi connectivity index (χ1n) is 20.0. The van der Waals surface area contributed by atoms with Crippen LogP contribution in [0.1, 0.15) is 5.56 Å². The van der Waals surface area contributed by atoms with Crippen molar-refractivity contribution in [2.45, 2.75) is 6.92 Å². The molecule has 0 aliphatic rings. The normalized spacial score (nSPS) is 12.0. The third-order valence-electron chi connectivity index (χ3n) is 11.9. The molecular weight excluding hydrogens is 801 g/mol. The number of hydrogen-bond donors (Lipinski definition) is 1. The van der Waals surface area contributed by atoms with Crippen molar-refractivity contribution in [2.75, 3.05) is 0 Å². The molecule has 0 unspecified atom stereocenters. The number of aromatic nitrogens is 6. The van der Waals surface area contributed by atoms with Crippen molar-refractivity contribution in [3.05, 3.63) is 186 Å². The highest BCUT2D eigenvalue weighted by atomic mass is 35.5. The van der Waals surface area contributed by atoms with Crippen molar-refractivity contribution in [2.24, 2.45) is 0 Å². The van der Waals surface area contributed by atoms with Gasteiger partial charge in [0.2, 0.25) is 0 Å². The van der Waals surface area contributed by atoms with Gasteiger partial charge in [0.1, 0.15) is 23.0 Å². The van der Waals surface area contributed by atoms with Gasteiger partial charge in [0.15, 0.2) is 0 Å². The molecule has 296 valence electrons. The molecule has 0 atom stereocenters. The number of H-pyrrole nitrogens is 1. The zero-order valence-electron chi connectivity index (χ0n) is 32.8. The van der Waals surface area contributed by atoms with Crippen molar-refractivity contribution < 1.29 is 13.2 Å². The number of nitrogens with one attached hydrogen (secondary N) is 1. The van der Waals surface area contributed by atoms with Gasteiger partial charge in [-0.05, 0) is 90.3 Å². The molecule has 6 heterocycles. The van der Waals surface area contributed by atoms with Crippen LogP contribution in [-0.2, 0) is 0 Å². The highest BCUT2D eigenvalue weighted by Gasteiger charge is 2.23. The molecule has 0 saturated carbocycles. The van der Waals surface area contributed by atoms with Crippen molar-refractivity contribution in [1.29, 1.82) is 0 Å². The van der Waals surface area contributed by atoms with Gasteiger partial charge in [0, 0.05) is 73.1 Å². The summed E-state index contributed by atoms with van der Waals surface area (Å²) in [5, 5.41) is 5.03. The van der Waals surface area contributed by atoms with Gasteiger partial charge in [0.25, 0.3) is 0 Å². The Morgan fingerprint density at radius 2 is 1.19 bits per heavy atom. The van der Waals surface area contributed by atoms with Crippen LogP contribution in [0.25, 0.3) is 110 Å². The molecular formula is C52H30ClF3N6. The number of aromatic amines is 1. The molecule has 0 radical (unpaired) electrons. The maximum absolute atomic E-state index is 16.2. The number of halogens is 4. The van der Waals surface area contributed by atoms with Crippen LogP contribution in [0.5, 0.6) is 0 Å². The number of hydrogen-bond acceptors (Lipinski definition) is 3. The van der Waals surface area contributed by atoms with Crippen molar-refractivity contribution in [3.8, 4) is 44.9 Å². The van der Waals surface area contributed by atoms with Crippen LogP contribution in [0.3, 0.4) is 0 Å². The lowest BCUT2D eigenvalue weighted by Gasteiger charge is -2.14. The lowest BCUT2D eigenvalue weighted by molar-refractivity contribution is 0.629. The van der Waals surface area contributed by atoms with Crippen LogP contribution in [0.4, 0.5) is 13.2 Å². The van der Waals surface area contributed by atoms with Gasteiger partial charge < -0.3 is 4.98 Å². The molecule has 0 aliphatic carbocycles. The van der Waals surface area contributed by atoms with Gasteiger partial charge in [0.05, 0.1) is 44.2 Å². The van der Waals surface area contributed by atoms with Crippen LogP contribution >= 0.6 is 11.6 Å². The van der Waals surface area contributed by atoms with E-state index in [1.165, 1.54) is 30.3 Å². The summed E-state index contributed by atoms with van der Waals surface area (Å²) >= 11 is 6.96. The predicted molar refractivity (Wildman–Crippen MR) is 244 cm³/mol. The predicted octanol–water partition coefficient (Wildman–Crippen LogP) is 14.1. The maximum atomic E-state index is 16.2. The first-order valence-corrected chi connectivity index (χ1v) is 20.4. The van der Waals surface area contributed by atoms with Crippen LogP contribution in [0.2, 0.25) is 5.02 Å². The van der Waals surface area contributed by atoms with Crippen molar-refractivity contribution in [3.63, 3.8) is 0 Å². The van der Waals surface area contributed by atoms with E-state index in [2.05, 4.69) is 4.98 Å². The topological polar surface area (TPSA) is 64.3 Å². The first-order chi connectivity index (χ1) is 30.3. The fraction of sp³-hybridized carbons (Fsp3) is 0.0192. The van der Waals surface area contributed by atoms with Gasteiger partial charge in [-0.3, -0.25) is 9.35 Å². The number of rotatable bonds is 5. The Labute approximate surface area is 356 Å². The summed E-state index contributed by atoms with van der Waals surface area (Å²) in [5.41, 5.74) is 10.6. The Bertz CT molecular complexity index is 3850. The lowest BCUT2D eigenvalue weighted by Crippen LogP contribution is -2.07. The standard InChI is InChI=1S/C52H30ClF3N6/c1-28-8-6-12-35-40(26-61(51(28)35)62-27-41(38-20-31(55)21-42(53)52(38)62)46-19-16-29-9-2-4-14-44(29)58-46)49-24-37(34-11-7-13-43(56)50(34)60-49)36-23-48(59-45-15-5-3-10-32(36)45)39-25-57-47-22-30(54)17-18-33(39)47/h2-27,57H,1H3. The van der Waals surface area contributed by atoms with Gasteiger partial charge in [-0.2, -0.15) is 0 Å². The Morgan fingerprint density at radius 3 is 2.06 bits per heavy atom. The van der Waals surface area contributed by atoms with E-state index < -0.39 is 11.6 Å². The summed E-state index contributed by atoms with van der Waals surface area (Å²) in [6.45, 7) is 2.03. The average Bonchev–Trinajstić information content (AvgIpc) is 4.00. The van der Waals surface area contributed by atoms with E-state index in [0.29, 0.717) is 44.5 Å². The van der Waals surface area contributed by atoms with E-state index in [1.54, 1.807) is 12.1 Å². The zero-order chi connectivity index (χ0) is 41.8. The third kappa shape index (κ3) is 5.55. The fourth-order valence-corrected chi connectivity index (χ4v) is 9.37. The van der Waals surface area contributed by atoms with E-state index in [9.17, 15) is 4.39 Å². The fourth-order valence-electron chi connectivity index (χ4n) is 9.08. The molecule has 0 saturated heterocycles. The minimum absolute atomic E-state index is 0.216. The number of pyridine rings is 3. The second-order valence-corrected chi connectivity index (χ2v) is 16.0. The molecule has 6 aromatic carbocycles. The number of para-hydroxylation sites is 4. The van der Waals surface area contributed by atoms with E-state index in [0.717, 1.165) is 65.9 Å². The van der Waals surface area contributed by atoms with Gasteiger partial charge in [-0.1, -0.05) is 84.4 Å². The quantitative estimate of drug-likeness (QED) is 0.188. The molecule has 12 aromatic rings. The van der Waals surface area contributed by atoms with E-state index >= 15 is 8.78 Å². The van der Waals surface area contributed by atoms with E-state index in [-0.39, 0.29) is 16.4 Å². The number of benzene rings is 6. The largest absolute Gasteiger partial charge is 0.360 e. The summed E-state index contributed by atoms with van der Waals surface area (Å²) in [4.78, 5) is 18.3. The third-order valence-corrected chi connectivity index (χ3v) is 12.2. The van der Waals surface area contributed by atoms with Gasteiger partial charge in [-0.25, -0.2) is 28.1 Å². The Hall–Kier alpha value is -7.75. The van der Waals surface area contributed by atoms with Crippen LogP contribution in [0.15, 0.2) is 158 Å².